The van der Waals surface area contributed by atoms with E-state index < -0.39 is 0 Å². The molecule has 3 heterocycles. The summed E-state index contributed by atoms with van der Waals surface area (Å²) in [6.07, 6.45) is 1.42. The van der Waals surface area contributed by atoms with Crippen molar-refractivity contribution in [3.8, 4) is 0 Å². The number of pyridine rings is 1. The summed E-state index contributed by atoms with van der Waals surface area (Å²) in [6, 6.07) is 8.18. The molecule has 172 valence electrons. The minimum atomic E-state index is -0.371. The van der Waals surface area contributed by atoms with Crippen LogP contribution in [0.1, 0.15) is 46.2 Å². The van der Waals surface area contributed by atoms with Crippen LogP contribution in [0.25, 0.3) is 0 Å². The highest BCUT2D eigenvalue weighted by Gasteiger charge is 2.43. The second kappa shape index (κ2) is 9.27. The van der Waals surface area contributed by atoms with Gasteiger partial charge in [0.15, 0.2) is 0 Å². The molecule has 4 rings (SSSR count). The maximum atomic E-state index is 12.8. The lowest BCUT2D eigenvalue weighted by atomic mass is 9.80. The van der Waals surface area contributed by atoms with Gasteiger partial charge in [0, 0.05) is 43.7 Å². The van der Waals surface area contributed by atoms with E-state index in [9.17, 15) is 19.2 Å². The quantitative estimate of drug-likeness (QED) is 0.413. The van der Waals surface area contributed by atoms with Gasteiger partial charge in [-0.1, -0.05) is 6.92 Å². The van der Waals surface area contributed by atoms with Crippen LogP contribution in [0.15, 0.2) is 36.5 Å². The van der Waals surface area contributed by atoms with Crippen LogP contribution in [-0.2, 0) is 9.59 Å². The molecule has 4 amide bonds. The molecule has 0 radical (unpaired) electrons. The number of hydrogen-bond acceptors (Lipinski definition) is 6. The molecule has 0 spiro atoms. The Kier molecular flexibility index (Phi) is 6.25. The van der Waals surface area contributed by atoms with Crippen LogP contribution in [0.4, 0.5) is 11.4 Å². The number of aromatic nitrogens is 1. The van der Waals surface area contributed by atoms with Crippen molar-refractivity contribution in [3.05, 3.63) is 53.3 Å². The van der Waals surface area contributed by atoms with Crippen LogP contribution in [0, 0.1) is 5.92 Å². The minimum Gasteiger partial charge on any atom is -0.373 e. The van der Waals surface area contributed by atoms with Gasteiger partial charge in [0.2, 0.25) is 11.8 Å². The first-order valence-electron chi connectivity index (χ1n) is 10.8. The van der Waals surface area contributed by atoms with E-state index in [1.807, 2.05) is 12.1 Å². The lowest BCUT2D eigenvalue weighted by molar-refractivity contribution is -0.124. The molecule has 2 aliphatic heterocycles. The summed E-state index contributed by atoms with van der Waals surface area (Å²) in [6.45, 7) is 4.71. The molecule has 1 aromatic heterocycles. The topological polar surface area (TPSA) is 141 Å². The zero-order chi connectivity index (χ0) is 23.5. The maximum Gasteiger partial charge on any atom is 0.269 e. The molecule has 1 fully saturated rings. The third-order valence-electron chi connectivity index (χ3n) is 5.88. The summed E-state index contributed by atoms with van der Waals surface area (Å²) in [5.74, 6) is -0.591. The fourth-order valence-corrected chi connectivity index (χ4v) is 4.22. The first-order valence-corrected chi connectivity index (χ1v) is 10.8. The van der Waals surface area contributed by atoms with Gasteiger partial charge in [-0.25, -0.2) is 4.98 Å². The Morgan fingerprint density at radius 2 is 1.88 bits per heavy atom. The second-order valence-electron chi connectivity index (χ2n) is 8.30. The number of nitrogens with zero attached hydrogens (tertiary/aromatic N) is 1. The van der Waals surface area contributed by atoms with E-state index in [1.54, 1.807) is 12.1 Å². The van der Waals surface area contributed by atoms with Gasteiger partial charge in [-0.05, 0) is 41.8 Å². The molecule has 10 heteroatoms. The van der Waals surface area contributed by atoms with Crippen molar-refractivity contribution >= 4 is 35.0 Å². The van der Waals surface area contributed by atoms with Gasteiger partial charge in [-0.2, -0.15) is 0 Å². The van der Waals surface area contributed by atoms with Gasteiger partial charge in [-0.15, -0.1) is 0 Å². The molecule has 5 N–H and O–H groups in total. The monoisotopic (exact) mass is 450 g/mol. The summed E-state index contributed by atoms with van der Waals surface area (Å²) in [5.41, 5.74) is 2.99. The van der Waals surface area contributed by atoms with Crippen molar-refractivity contribution in [1.29, 1.82) is 0 Å². The summed E-state index contributed by atoms with van der Waals surface area (Å²) in [4.78, 5) is 52.1. The zero-order valence-electron chi connectivity index (χ0n) is 18.4. The van der Waals surface area contributed by atoms with E-state index in [0.29, 0.717) is 24.3 Å². The number of benzene rings is 1. The lowest BCUT2D eigenvalue weighted by Gasteiger charge is -2.31. The third-order valence-corrected chi connectivity index (χ3v) is 5.88. The van der Waals surface area contributed by atoms with Crippen molar-refractivity contribution in [2.75, 3.05) is 30.3 Å². The van der Waals surface area contributed by atoms with Crippen molar-refractivity contribution in [3.63, 3.8) is 0 Å². The summed E-state index contributed by atoms with van der Waals surface area (Å²) in [7, 11) is 0. The number of nitrogens with one attached hydrogen (secondary N) is 5. The number of amides is 4. The zero-order valence-corrected chi connectivity index (χ0v) is 18.4. The summed E-state index contributed by atoms with van der Waals surface area (Å²) < 4.78 is 0. The van der Waals surface area contributed by atoms with E-state index in [2.05, 4.69) is 38.5 Å². The predicted octanol–water partition coefficient (Wildman–Crippen LogP) is 0.843. The molecule has 10 nitrogen and oxygen atoms in total. The average molecular weight is 450 g/mol. The molecular weight excluding hydrogens is 424 g/mol. The van der Waals surface area contributed by atoms with Crippen LogP contribution in [0.5, 0.6) is 0 Å². The second-order valence-corrected chi connectivity index (χ2v) is 8.30. The Bertz CT molecular complexity index is 1100. The fourth-order valence-electron chi connectivity index (χ4n) is 4.22. The summed E-state index contributed by atoms with van der Waals surface area (Å²) in [5, 5.41) is 14.2. The SMILES string of the molecule is CC(=O)NCCNC(=O)c1ccc(NC(=O)c2ccc3c(c2)C2C(C)CNC(=O)C2N3)cn1. The molecule has 3 atom stereocenters. The van der Waals surface area contributed by atoms with Gasteiger partial charge < -0.3 is 26.6 Å². The lowest BCUT2D eigenvalue weighted by Crippen LogP contribution is -2.49. The van der Waals surface area contributed by atoms with Crippen molar-refractivity contribution in [1.82, 2.24) is 20.9 Å². The molecule has 1 saturated heterocycles. The van der Waals surface area contributed by atoms with E-state index in [0.717, 1.165) is 11.3 Å². The number of piperidine rings is 1. The van der Waals surface area contributed by atoms with Crippen LogP contribution < -0.4 is 26.6 Å². The van der Waals surface area contributed by atoms with Crippen molar-refractivity contribution in [2.24, 2.45) is 5.92 Å². The fraction of sp³-hybridized carbons (Fsp3) is 0.348. The van der Waals surface area contributed by atoms with Gasteiger partial charge in [0.25, 0.3) is 11.8 Å². The minimum absolute atomic E-state index is 0.0200. The number of carbonyl (C=O) groups excluding carboxylic acids is 4. The highest BCUT2D eigenvalue weighted by Crippen LogP contribution is 2.42. The van der Waals surface area contributed by atoms with E-state index >= 15 is 0 Å². The molecule has 2 aliphatic rings. The van der Waals surface area contributed by atoms with Crippen molar-refractivity contribution in [2.45, 2.75) is 25.8 Å². The Morgan fingerprint density at radius 3 is 2.61 bits per heavy atom. The molecular formula is C23H26N6O4. The molecule has 0 saturated carbocycles. The normalized spacial score (nSPS) is 20.5. The Hall–Kier alpha value is -3.95. The predicted molar refractivity (Wildman–Crippen MR) is 122 cm³/mol. The molecule has 33 heavy (non-hydrogen) atoms. The number of hydrogen-bond donors (Lipinski definition) is 5. The smallest absolute Gasteiger partial charge is 0.269 e. The number of carbonyl (C=O) groups is 4. The number of anilines is 2. The maximum absolute atomic E-state index is 12.8. The number of fused-ring (bicyclic) bond motifs is 3. The molecule has 1 aromatic carbocycles. The average Bonchev–Trinajstić information content (AvgIpc) is 3.19. The molecule has 0 bridgehead atoms. The highest BCUT2D eigenvalue weighted by atomic mass is 16.2. The van der Waals surface area contributed by atoms with E-state index in [1.165, 1.54) is 19.2 Å². The van der Waals surface area contributed by atoms with Crippen LogP contribution >= 0.6 is 0 Å². The van der Waals surface area contributed by atoms with Gasteiger partial charge in [0.05, 0.1) is 11.9 Å². The molecule has 2 aromatic rings. The van der Waals surface area contributed by atoms with E-state index in [-0.39, 0.29) is 53.7 Å². The Morgan fingerprint density at radius 1 is 1.09 bits per heavy atom. The Balaban J connectivity index is 1.39. The third kappa shape index (κ3) is 4.79. The van der Waals surface area contributed by atoms with Gasteiger partial charge >= 0.3 is 0 Å². The number of rotatable bonds is 6. The Labute approximate surface area is 190 Å². The van der Waals surface area contributed by atoms with Gasteiger partial charge in [0.1, 0.15) is 11.7 Å². The first-order chi connectivity index (χ1) is 15.8. The molecule has 3 unspecified atom stereocenters. The highest BCUT2D eigenvalue weighted by molar-refractivity contribution is 6.05. The van der Waals surface area contributed by atoms with Crippen LogP contribution in [0.2, 0.25) is 0 Å². The standard InChI is InChI=1S/C23H26N6O4/c1-12-10-27-23(33)20-19(12)16-9-14(3-5-17(16)29-20)21(31)28-15-4-6-18(26-11-15)22(32)25-8-7-24-13(2)30/h3-6,9,11-12,19-20,29H,7-8,10H2,1-2H3,(H,24,30)(H,25,32)(H,27,33)(H,28,31). The van der Waals surface area contributed by atoms with Crippen molar-refractivity contribution < 1.29 is 19.2 Å². The first kappa shape index (κ1) is 22.3. The van der Waals surface area contributed by atoms with E-state index in [4.69, 9.17) is 0 Å². The molecule has 0 aliphatic carbocycles. The summed E-state index contributed by atoms with van der Waals surface area (Å²) >= 11 is 0. The van der Waals surface area contributed by atoms with Gasteiger partial charge in [-0.3, -0.25) is 19.2 Å². The largest absolute Gasteiger partial charge is 0.373 e. The van der Waals surface area contributed by atoms with Crippen LogP contribution in [-0.4, -0.2) is 54.3 Å². The van der Waals surface area contributed by atoms with Crippen LogP contribution in [0.3, 0.4) is 0 Å².